The van der Waals surface area contributed by atoms with Gasteiger partial charge in [0.05, 0.1) is 6.20 Å². The summed E-state index contributed by atoms with van der Waals surface area (Å²) in [5, 5.41) is 18.0. The molecule has 3 aromatic rings. The minimum Gasteiger partial charge on any atom is -0.324 e. The van der Waals surface area contributed by atoms with Gasteiger partial charge in [-0.25, -0.2) is 0 Å². The van der Waals surface area contributed by atoms with E-state index in [9.17, 15) is 4.79 Å². The number of rotatable bonds is 5. The molecule has 0 aliphatic heterocycles. The number of nitrogens with zero attached hydrogens (tertiary/aromatic N) is 5. The van der Waals surface area contributed by atoms with Crippen molar-refractivity contribution in [2.24, 2.45) is 14.1 Å². The van der Waals surface area contributed by atoms with E-state index >= 15 is 0 Å². The molecule has 1 unspecified atom stereocenters. The molecule has 1 atom stereocenters. The highest BCUT2D eigenvalue weighted by molar-refractivity contribution is 5.95. The maximum absolute atomic E-state index is 12.6. The standard InChI is InChI=1S/C16H19N7O/c1-17-14(12-8-19-23(3)9-12)16(24)20-13-6-4-5-11(7-13)15-21-18-10-22(15)2/h4-10,14,17H,1-3H3,(H,20,24). The fraction of sp³-hybridized carbons (Fsp3) is 0.250. The Labute approximate surface area is 139 Å². The normalized spacial score (nSPS) is 12.1. The number of amides is 1. The number of hydrogen-bond acceptors (Lipinski definition) is 5. The summed E-state index contributed by atoms with van der Waals surface area (Å²) in [6, 6.07) is 7.04. The highest BCUT2D eigenvalue weighted by Crippen LogP contribution is 2.21. The second-order valence-corrected chi connectivity index (χ2v) is 5.50. The number of aryl methyl sites for hydroxylation is 2. The predicted molar refractivity (Wildman–Crippen MR) is 90.1 cm³/mol. The van der Waals surface area contributed by atoms with E-state index in [-0.39, 0.29) is 5.91 Å². The Morgan fingerprint density at radius 1 is 1.29 bits per heavy atom. The van der Waals surface area contributed by atoms with Gasteiger partial charge < -0.3 is 15.2 Å². The van der Waals surface area contributed by atoms with Gasteiger partial charge in [-0.3, -0.25) is 9.48 Å². The summed E-state index contributed by atoms with van der Waals surface area (Å²) in [7, 11) is 5.44. The maximum atomic E-state index is 12.6. The van der Waals surface area contributed by atoms with Crippen LogP contribution >= 0.6 is 0 Å². The van der Waals surface area contributed by atoms with Gasteiger partial charge in [-0.2, -0.15) is 5.10 Å². The molecule has 0 bridgehead atoms. The van der Waals surface area contributed by atoms with E-state index in [4.69, 9.17) is 0 Å². The van der Waals surface area contributed by atoms with Crippen LogP contribution in [0.5, 0.6) is 0 Å². The average molecular weight is 325 g/mol. The number of carbonyl (C=O) groups excluding carboxylic acids is 1. The molecular formula is C16H19N7O. The molecule has 2 heterocycles. The molecule has 1 amide bonds. The third-order valence-corrected chi connectivity index (χ3v) is 3.71. The summed E-state index contributed by atoms with van der Waals surface area (Å²) >= 11 is 0. The van der Waals surface area contributed by atoms with E-state index in [0.717, 1.165) is 17.0 Å². The van der Waals surface area contributed by atoms with E-state index in [2.05, 4.69) is 25.9 Å². The number of nitrogens with one attached hydrogen (secondary N) is 2. The Morgan fingerprint density at radius 2 is 2.12 bits per heavy atom. The lowest BCUT2D eigenvalue weighted by Gasteiger charge is -2.15. The predicted octanol–water partition coefficient (Wildman–Crippen LogP) is 1.11. The van der Waals surface area contributed by atoms with Gasteiger partial charge >= 0.3 is 0 Å². The van der Waals surface area contributed by atoms with Crippen molar-refractivity contribution < 1.29 is 4.79 Å². The number of carbonyl (C=O) groups is 1. The molecule has 24 heavy (non-hydrogen) atoms. The van der Waals surface area contributed by atoms with E-state index in [1.54, 1.807) is 24.3 Å². The zero-order valence-corrected chi connectivity index (χ0v) is 13.8. The van der Waals surface area contributed by atoms with Crippen LogP contribution < -0.4 is 10.6 Å². The van der Waals surface area contributed by atoms with Crippen LogP contribution in [0, 0.1) is 0 Å². The van der Waals surface area contributed by atoms with Crippen molar-refractivity contribution in [1.29, 1.82) is 0 Å². The summed E-state index contributed by atoms with van der Waals surface area (Å²) in [5.41, 5.74) is 2.39. The van der Waals surface area contributed by atoms with Crippen LogP contribution in [0.25, 0.3) is 11.4 Å². The van der Waals surface area contributed by atoms with Crippen LogP contribution in [0.3, 0.4) is 0 Å². The second-order valence-electron chi connectivity index (χ2n) is 5.50. The first kappa shape index (κ1) is 15.9. The van der Waals surface area contributed by atoms with Crippen LogP contribution in [0.1, 0.15) is 11.6 Å². The molecule has 2 aromatic heterocycles. The Balaban J connectivity index is 1.80. The lowest BCUT2D eigenvalue weighted by atomic mass is 10.1. The first-order chi connectivity index (χ1) is 11.6. The minimum absolute atomic E-state index is 0.152. The van der Waals surface area contributed by atoms with E-state index in [0.29, 0.717) is 5.69 Å². The molecule has 124 valence electrons. The first-order valence-electron chi connectivity index (χ1n) is 7.49. The van der Waals surface area contributed by atoms with Crippen LogP contribution in [0.2, 0.25) is 0 Å². The minimum atomic E-state index is -0.475. The van der Waals surface area contributed by atoms with Gasteiger partial charge in [0.15, 0.2) is 5.82 Å². The molecule has 0 saturated heterocycles. The van der Waals surface area contributed by atoms with Gasteiger partial charge in [0.25, 0.3) is 0 Å². The van der Waals surface area contributed by atoms with Crippen molar-refractivity contribution in [1.82, 2.24) is 29.9 Å². The largest absolute Gasteiger partial charge is 0.324 e. The van der Waals surface area contributed by atoms with Crippen LogP contribution in [0.15, 0.2) is 43.0 Å². The third kappa shape index (κ3) is 3.18. The van der Waals surface area contributed by atoms with Crippen molar-refractivity contribution in [3.05, 3.63) is 48.5 Å². The summed E-state index contributed by atoms with van der Waals surface area (Å²) < 4.78 is 3.49. The average Bonchev–Trinajstić information content (AvgIpc) is 3.17. The summed E-state index contributed by atoms with van der Waals surface area (Å²) in [6.45, 7) is 0. The highest BCUT2D eigenvalue weighted by atomic mass is 16.2. The second kappa shape index (κ2) is 6.63. The Bertz CT molecular complexity index is 851. The number of hydrogen-bond donors (Lipinski definition) is 2. The number of benzene rings is 1. The molecule has 0 radical (unpaired) electrons. The smallest absolute Gasteiger partial charge is 0.246 e. The molecule has 2 N–H and O–H groups in total. The molecule has 1 aromatic carbocycles. The Kier molecular flexibility index (Phi) is 4.39. The molecule has 0 saturated carbocycles. The first-order valence-corrected chi connectivity index (χ1v) is 7.49. The van der Waals surface area contributed by atoms with Gasteiger partial charge in [-0.1, -0.05) is 12.1 Å². The van der Waals surface area contributed by atoms with Crippen molar-refractivity contribution in [2.45, 2.75) is 6.04 Å². The van der Waals surface area contributed by atoms with E-state index in [1.165, 1.54) is 0 Å². The lowest BCUT2D eigenvalue weighted by molar-refractivity contribution is -0.118. The maximum Gasteiger partial charge on any atom is 0.246 e. The number of likely N-dealkylation sites (N-methyl/N-ethyl adjacent to an activating group) is 1. The Morgan fingerprint density at radius 3 is 2.75 bits per heavy atom. The van der Waals surface area contributed by atoms with Gasteiger partial charge in [0.2, 0.25) is 5.91 Å². The SMILES string of the molecule is CNC(C(=O)Nc1cccc(-c2nncn2C)c1)c1cnn(C)c1. The van der Waals surface area contributed by atoms with Gasteiger partial charge in [0, 0.05) is 37.1 Å². The van der Waals surface area contributed by atoms with E-state index < -0.39 is 6.04 Å². The monoisotopic (exact) mass is 325 g/mol. The molecule has 0 aliphatic rings. The van der Waals surface area contributed by atoms with Crippen LogP contribution in [-0.2, 0) is 18.9 Å². The summed E-state index contributed by atoms with van der Waals surface area (Å²) in [4.78, 5) is 12.6. The zero-order valence-electron chi connectivity index (χ0n) is 13.8. The zero-order chi connectivity index (χ0) is 17.1. The quantitative estimate of drug-likeness (QED) is 0.733. The fourth-order valence-corrected chi connectivity index (χ4v) is 2.53. The number of aromatic nitrogens is 5. The van der Waals surface area contributed by atoms with Crippen LogP contribution in [0.4, 0.5) is 5.69 Å². The van der Waals surface area contributed by atoms with Crippen molar-refractivity contribution >= 4 is 11.6 Å². The lowest BCUT2D eigenvalue weighted by Crippen LogP contribution is -2.30. The van der Waals surface area contributed by atoms with Crippen molar-refractivity contribution in [3.63, 3.8) is 0 Å². The molecule has 3 rings (SSSR count). The van der Waals surface area contributed by atoms with Crippen molar-refractivity contribution in [3.8, 4) is 11.4 Å². The van der Waals surface area contributed by atoms with Gasteiger partial charge in [0.1, 0.15) is 12.4 Å². The summed E-state index contributed by atoms with van der Waals surface area (Å²) in [6.07, 6.45) is 5.13. The van der Waals surface area contributed by atoms with E-state index in [1.807, 2.05) is 49.1 Å². The number of anilines is 1. The Hall–Kier alpha value is -3.00. The molecule has 0 aliphatic carbocycles. The highest BCUT2D eigenvalue weighted by Gasteiger charge is 2.20. The summed E-state index contributed by atoms with van der Waals surface area (Å²) in [5.74, 6) is 0.587. The third-order valence-electron chi connectivity index (χ3n) is 3.71. The fourth-order valence-electron chi connectivity index (χ4n) is 2.53. The topological polar surface area (TPSA) is 89.7 Å². The van der Waals surface area contributed by atoms with Gasteiger partial charge in [-0.05, 0) is 19.2 Å². The van der Waals surface area contributed by atoms with Crippen molar-refractivity contribution in [2.75, 3.05) is 12.4 Å². The molecule has 8 nitrogen and oxygen atoms in total. The van der Waals surface area contributed by atoms with Gasteiger partial charge in [-0.15, -0.1) is 10.2 Å². The molecular weight excluding hydrogens is 306 g/mol. The molecule has 0 fully saturated rings. The molecule has 8 heteroatoms. The van der Waals surface area contributed by atoms with Crippen LogP contribution in [-0.4, -0.2) is 37.5 Å². The molecule has 0 spiro atoms.